The fourth-order valence-corrected chi connectivity index (χ4v) is 4.47. The van der Waals surface area contributed by atoms with E-state index >= 15 is 0 Å². The van der Waals surface area contributed by atoms with Gasteiger partial charge in [0.05, 0.1) is 76.9 Å². The second kappa shape index (κ2) is 17.5. The van der Waals surface area contributed by atoms with E-state index in [1.54, 1.807) is 12.1 Å². The SMILES string of the molecule is CC(C)(C)OC(=O)CCOCCOCCOCCOCCNC(=O)CNc1cccc2c1C(=O)N(C1CCC(=O)NC1=O)C2=O. The summed E-state index contributed by atoms with van der Waals surface area (Å²) in [5.41, 5.74) is -0.0119. The number of anilines is 1. The average molecular weight is 635 g/mol. The fourth-order valence-electron chi connectivity index (χ4n) is 4.47. The van der Waals surface area contributed by atoms with Gasteiger partial charge in [0.15, 0.2) is 0 Å². The third-order valence-corrected chi connectivity index (χ3v) is 6.46. The van der Waals surface area contributed by atoms with Crippen molar-refractivity contribution < 1.29 is 52.5 Å². The highest BCUT2D eigenvalue weighted by molar-refractivity contribution is 6.25. The molecule has 1 saturated heterocycles. The molecule has 3 N–H and O–H groups in total. The number of hydrogen-bond acceptors (Lipinski definition) is 12. The Kier molecular flexibility index (Phi) is 13.9. The lowest BCUT2D eigenvalue weighted by atomic mass is 10.0. The van der Waals surface area contributed by atoms with Gasteiger partial charge in [-0.15, -0.1) is 0 Å². The molecule has 248 valence electrons. The van der Waals surface area contributed by atoms with Crippen LogP contribution in [0.25, 0.3) is 0 Å². The number of hydrogen-bond donors (Lipinski definition) is 3. The van der Waals surface area contributed by atoms with Crippen LogP contribution in [0.15, 0.2) is 18.2 Å². The quantitative estimate of drug-likeness (QED) is 0.108. The van der Waals surface area contributed by atoms with Gasteiger partial charge in [0.1, 0.15) is 11.6 Å². The number of imide groups is 2. The number of benzene rings is 1. The molecule has 15 heteroatoms. The van der Waals surface area contributed by atoms with Gasteiger partial charge in [-0.05, 0) is 39.3 Å². The molecular weight excluding hydrogens is 592 g/mol. The molecular formula is C30H42N4O11. The normalized spacial score (nSPS) is 16.4. The molecule has 2 heterocycles. The summed E-state index contributed by atoms with van der Waals surface area (Å²) in [6, 6.07) is 3.56. The van der Waals surface area contributed by atoms with E-state index in [4.69, 9.17) is 23.7 Å². The monoisotopic (exact) mass is 634 g/mol. The van der Waals surface area contributed by atoms with E-state index in [0.29, 0.717) is 45.3 Å². The number of nitrogens with zero attached hydrogens (tertiary/aromatic N) is 1. The first-order chi connectivity index (χ1) is 21.5. The Morgan fingerprint density at radius 2 is 1.51 bits per heavy atom. The number of fused-ring (bicyclic) bond motifs is 1. The minimum atomic E-state index is -1.07. The van der Waals surface area contributed by atoms with Gasteiger partial charge in [-0.2, -0.15) is 0 Å². The van der Waals surface area contributed by atoms with Crippen LogP contribution in [-0.2, 0) is 42.9 Å². The lowest BCUT2D eigenvalue weighted by Crippen LogP contribution is -2.54. The van der Waals surface area contributed by atoms with Crippen LogP contribution in [0.5, 0.6) is 0 Å². The van der Waals surface area contributed by atoms with E-state index in [0.717, 1.165) is 4.90 Å². The number of carbonyl (C=O) groups excluding carboxylic acids is 6. The Hall–Kier alpha value is -3.92. The summed E-state index contributed by atoms with van der Waals surface area (Å²) < 4.78 is 26.8. The lowest BCUT2D eigenvalue weighted by molar-refractivity contribution is -0.156. The molecule has 5 amide bonds. The van der Waals surface area contributed by atoms with Crippen LogP contribution in [0.3, 0.4) is 0 Å². The minimum absolute atomic E-state index is 0.0267. The van der Waals surface area contributed by atoms with Crippen molar-refractivity contribution in [2.45, 2.75) is 51.7 Å². The van der Waals surface area contributed by atoms with Crippen molar-refractivity contribution in [2.75, 3.05) is 71.3 Å². The van der Waals surface area contributed by atoms with Crippen LogP contribution in [0.1, 0.15) is 60.7 Å². The molecule has 1 unspecified atom stereocenters. The van der Waals surface area contributed by atoms with Crippen molar-refractivity contribution in [1.29, 1.82) is 0 Å². The predicted molar refractivity (Wildman–Crippen MR) is 158 cm³/mol. The Morgan fingerprint density at radius 3 is 2.13 bits per heavy atom. The predicted octanol–water partition coefficient (Wildman–Crippen LogP) is 0.414. The van der Waals surface area contributed by atoms with Crippen LogP contribution in [0.2, 0.25) is 0 Å². The first kappa shape index (κ1) is 35.6. The van der Waals surface area contributed by atoms with E-state index in [-0.39, 0.29) is 68.6 Å². The smallest absolute Gasteiger partial charge is 0.308 e. The van der Waals surface area contributed by atoms with Crippen molar-refractivity contribution in [2.24, 2.45) is 0 Å². The van der Waals surface area contributed by atoms with Gasteiger partial charge in [0, 0.05) is 18.7 Å². The highest BCUT2D eigenvalue weighted by Gasteiger charge is 2.45. The zero-order valence-electron chi connectivity index (χ0n) is 25.9. The molecule has 0 saturated carbocycles. The highest BCUT2D eigenvalue weighted by atomic mass is 16.6. The van der Waals surface area contributed by atoms with E-state index in [9.17, 15) is 28.8 Å². The molecule has 1 aromatic rings. The van der Waals surface area contributed by atoms with E-state index in [2.05, 4.69) is 16.0 Å². The maximum absolute atomic E-state index is 13.1. The van der Waals surface area contributed by atoms with Gasteiger partial charge in [-0.1, -0.05) is 6.07 Å². The molecule has 15 nitrogen and oxygen atoms in total. The van der Waals surface area contributed by atoms with Crippen molar-refractivity contribution in [3.05, 3.63) is 29.3 Å². The van der Waals surface area contributed by atoms with Gasteiger partial charge < -0.3 is 34.3 Å². The maximum atomic E-state index is 13.1. The summed E-state index contributed by atoms with van der Waals surface area (Å²) in [6.07, 6.45) is 0.274. The number of carbonyl (C=O) groups is 6. The van der Waals surface area contributed by atoms with Crippen molar-refractivity contribution >= 4 is 41.2 Å². The number of esters is 1. The molecule has 2 aliphatic heterocycles. The second-order valence-electron chi connectivity index (χ2n) is 11.2. The van der Waals surface area contributed by atoms with Gasteiger partial charge >= 0.3 is 5.97 Å². The van der Waals surface area contributed by atoms with Crippen LogP contribution in [0, 0.1) is 0 Å². The summed E-state index contributed by atoms with van der Waals surface area (Å²) in [4.78, 5) is 74.5. The lowest BCUT2D eigenvalue weighted by Gasteiger charge is -2.27. The third kappa shape index (κ3) is 11.5. The minimum Gasteiger partial charge on any atom is -0.460 e. The fraction of sp³-hybridized carbons (Fsp3) is 0.600. The Morgan fingerprint density at radius 1 is 0.889 bits per heavy atom. The summed E-state index contributed by atoms with van der Waals surface area (Å²) in [7, 11) is 0. The van der Waals surface area contributed by atoms with E-state index in [1.807, 2.05) is 20.8 Å². The molecule has 0 spiro atoms. The van der Waals surface area contributed by atoms with Crippen LogP contribution >= 0.6 is 0 Å². The van der Waals surface area contributed by atoms with Crippen molar-refractivity contribution in [3.63, 3.8) is 0 Å². The van der Waals surface area contributed by atoms with Crippen molar-refractivity contribution in [3.8, 4) is 0 Å². The Bertz CT molecular complexity index is 1230. The summed E-state index contributed by atoms with van der Waals surface area (Å²) in [6.45, 7) is 8.27. The maximum Gasteiger partial charge on any atom is 0.308 e. The zero-order valence-corrected chi connectivity index (χ0v) is 25.9. The molecule has 45 heavy (non-hydrogen) atoms. The third-order valence-electron chi connectivity index (χ3n) is 6.46. The van der Waals surface area contributed by atoms with Gasteiger partial charge in [-0.25, -0.2) is 0 Å². The van der Waals surface area contributed by atoms with Gasteiger partial charge in [-0.3, -0.25) is 39.0 Å². The molecule has 1 aromatic carbocycles. The molecule has 0 radical (unpaired) electrons. The molecule has 3 rings (SSSR count). The second-order valence-corrected chi connectivity index (χ2v) is 11.2. The Labute approximate surface area is 261 Å². The topological polar surface area (TPSA) is 188 Å². The summed E-state index contributed by atoms with van der Waals surface area (Å²) in [5.74, 6) is -3.07. The number of amides is 5. The van der Waals surface area contributed by atoms with E-state index in [1.165, 1.54) is 6.07 Å². The molecule has 1 fully saturated rings. The van der Waals surface area contributed by atoms with Crippen molar-refractivity contribution in [1.82, 2.24) is 15.5 Å². The van der Waals surface area contributed by atoms with Crippen LogP contribution in [-0.4, -0.2) is 118 Å². The molecule has 2 aliphatic rings. The zero-order chi connectivity index (χ0) is 32.8. The summed E-state index contributed by atoms with van der Waals surface area (Å²) >= 11 is 0. The van der Waals surface area contributed by atoms with Gasteiger partial charge in [0.2, 0.25) is 17.7 Å². The largest absolute Gasteiger partial charge is 0.460 e. The molecule has 1 atom stereocenters. The first-order valence-electron chi connectivity index (χ1n) is 14.9. The number of ether oxygens (including phenoxy) is 5. The first-order valence-corrected chi connectivity index (χ1v) is 14.9. The number of piperidine rings is 1. The number of rotatable bonds is 19. The highest BCUT2D eigenvalue weighted by Crippen LogP contribution is 2.32. The van der Waals surface area contributed by atoms with E-state index < -0.39 is 35.3 Å². The summed E-state index contributed by atoms with van der Waals surface area (Å²) in [5, 5.41) is 7.74. The van der Waals surface area contributed by atoms with Crippen LogP contribution in [0.4, 0.5) is 5.69 Å². The molecule has 0 aliphatic carbocycles. The van der Waals surface area contributed by atoms with Gasteiger partial charge in [0.25, 0.3) is 11.8 Å². The average Bonchev–Trinajstić information content (AvgIpc) is 3.22. The standard InChI is InChI=1S/C30H42N4O11/c1-30(2,3)45-25(37)9-11-41-13-15-43-17-18-44-16-14-42-12-10-31-24(36)19-32-21-6-4-5-20-26(21)29(40)34(28(20)39)22-7-8-23(35)33-27(22)38/h4-6,22,32H,7-19H2,1-3H3,(H,31,36)(H,33,35,38). The molecule has 0 aromatic heterocycles. The van der Waals surface area contributed by atoms with Crippen LogP contribution < -0.4 is 16.0 Å². The Balaban J connectivity index is 1.20. The molecule has 0 bridgehead atoms. The number of nitrogens with one attached hydrogen (secondary N) is 3.